The van der Waals surface area contributed by atoms with E-state index in [-0.39, 0.29) is 29.1 Å². The van der Waals surface area contributed by atoms with Crippen LogP contribution in [0, 0.1) is 5.41 Å². The summed E-state index contributed by atoms with van der Waals surface area (Å²) in [5, 5.41) is 8.87. The van der Waals surface area contributed by atoms with Crippen LogP contribution in [0.3, 0.4) is 0 Å². The molecule has 2 atom stereocenters. The molecule has 5 nitrogen and oxygen atoms in total. The molecule has 118 valence electrons. The normalized spacial score (nSPS) is 24.6. The van der Waals surface area contributed by atoms with E-state index in [0.717, 1.165) is 5.56 Å². The number of rotatable bonds is 6. The van der Waals surface area contributed by atoms with Gasteiger partial charge in [0.05, 0.1) is 11.0 Å². The van der Waals surface area contributed by atoms with Gasteiger partial charge in [-0.15, -0.1) is 0 Å². The molecular weight excluding hydrogens is 290 g/mol. The number of nitrogens with one attached hydrogen (secondary N) is 1. The predicted octanol–water partition coefficient (Wildman–Crippen LogP) is 1.31. The zero-order chi connectivity index (χ0) is 15.7. The minimum atomic E-state index is -3.52. The molecule has 2 unspecified atom stereocenters. The monoisotopic (exact) mass is 313 g/mol. The first-order valence-electron chi connectivity index (χ1n) is 7.06. The zero-order valence-corrected chi connectivity index (χ0v) is 13.5. The van der Waals surface area contributed by atoms with Crippen LogP contribution in [0.4, 0.5) is 0 Å². The number of methoxy groups -OCH3 is 1. The van der Waals surface area contributed by atoms with Gasteiger partial charge in [-0.25, -0.2) is 13.1 Å². The Morgan fingerprint density at radius 2 is 1.95 bits per heavy atom. The highest BCUT2D eigenvalue weighted by molar-refractivity contribution is 7.89. The van der Waals surface area contributed by atoms with Crippen molar-refractivity contribution < 1.29 is 18.3 Å². The maximum Gasteiger partial charge on any atom is 0.240 e. The summed E-state index contributed by atoms with van der Waals surface area (Å²) in [6.07, 6.45) is 1.29. The number of hydrogen-bond acceptors (Lipinski definition) is 4. The summed E-state index contributed by atoms with van der Waals surface area (Å²) in [5.74, 6) is 0. The number of hydrogen-bond donors (Lipinski definition) is 2. The molecule has 1 aromatic carbocycles. The number of benzene rings is 1. The Labute approximate surface area is 126 Å². The maximum atomic E-state index is 12.4. The first-order valence-corrected chi connectivity index (χ1v) is 8.54. The fourth-order valence-electron chi connectivity index (χ4n) is 2.71. The van der Waals surface area contributed by atoms with Crippen LogP contribution in [0.2, 0.25) is 0 Å². The second-order valence-electron chi connectivity index (χ2n) is 6.07. The van der Waals surface area contributed by atoms with E-state index in [9.17, 15) is 8.42 Å². The average Bonchev–Trinajstić information content (AvgIpc) is 2.44. The molecule has 0 aliphatic heterocycles. The summed E-state index contributed by atoms with van der Waals surface area (Å²) in [6, 6.07) is 6.49. The van der Waals surface area contributed by atoms with Crippen molar-refractivity contribution in [1.29, 1.82) is 0 Å². The maximum absolute atomic E-state index is 12.4. The third-order valence-corrected chi connectivity index (χ3v) is 5.88. The fraction of sp³-hybridized carbons (Fsp3) is 0.600. The molecule has 0 heterocycles. The topological polar surface area (TPSA) is 75.6 Å². The van der Waals surface area contributed by atoms with Crippen LogP contribution in [0.1, 0.15) is 25.8 Å². The van der Waals surface area contributed by atoms with Crippen LogP contribution in [0.25, 0.3) is 0 Å². The second-order valence-corrected chi connectivity index (χ2v) is 7.79. The summed E-state index contributed by atoms with van der Waals surface area (Å²) in [6.45, 7) is 4.06. The molecule has 1 aromatic rings. The molecule has 1 aliphatic rings. The van der Waals surface area contributed by atoms with E-state index in [0.29, 0.717) is 12.8 Å². The Balaban J connectivity index is 2.09. The largest absolute Gasteiger partial charge is 0.396 e. The molecule has 0 amide bonds. The number of ether oxygens (including phenoxy) is 1. The van der Waals surface area contributed by atoms with Crippen molar-refractivity contribution in [3.63, 3.8) is 0 Å². The molecule has 1 saturated carbocycles. The molecule has 2 rings (SSSR count). The van der Waals surface area contributed by atoms with Gasteiger partial charge in [-0.2, -0.15) is 0 Å². The van der Waals surface area contributed by atoms with Crippen molar-refractivity contribution in [2.45, 2.75) is 43.7 Å². The van der Waals surface area contributed by atoms with Gasteiger partial charge in [-0.05, 0) is 30.5 Å². The van der Waals surface area contributed by atoms with Gasteiger partial charge in [0, 0.05) is 25.2 Å². The molecule has 0 saturated heterocycles. The Morgan fingerprint density at radius 1 is 1.33 bits per heavy atom. The van der Waals surface area contributed by atoms with Gasteiger partial charge in [0.15, 0.2) is 0 Å². The molecule has 0 bridgehead atoms. The molecule has 2 N–H and O–H groups in total. The highest BCUT2D eigenvalue weighted by atomic mass is 32.2. The van der Waals surface area contributed by atoms with Crippen LogP contribution in [0.15, 0.2) is 29.2 Å². The summed E-state index contributed by atoms with van der Waals surface area (Å²) >= 11 is 0. The second kappa shape index (κ2) is 6.04. The fourth-order valence-corrected chi connectivity index (χ4v) is 4.11. The van der Waals surface area contributed by atoms with Crippen molar-refractivity contribution in [3.8, 4) is 0 Å². The lowest BCUT2D eigenvalue weighted by molar-refractivity contribution is -0.0908. The minimum absolute atomic E-state index is 0.0546. The molecule has 1 fully saturated rings. The third-order valence-electron chi connectivity index (χ3n) is 4.39. The Hall–Kier alpha value is -0.950. The quantitative estimate of drug-likeness (QED) is 0.830. The lowest BCUT2D eigenvalue weighted by Crippen LogP contribution is -2.61. The first-order chi connectivity index (χ1) is 9.81. The van der Waals surface area contributed by atoms with Gasteiger partial charge >= 0.3 is 0 Å². The smallest absolute Gasteiger partial charge is 0.240 e. The SMILES string of the molecule is COC1CC(NS(=O)(=O)c2ccc(CCO)cc2)C1(C)C. The van der Waals surface area contributed by atoms with E-state index < -0.39 is 10.0 Å². The standard InChI is InChI=1S/C15H23NO4S/c1-15(2)13(10-14(15)20-3)16-21(18,19)12-6-4-11(5-7-12)8-9-17/h4-7,13-14,16-17H,8-10H2,1-3H3. The summed E-state index contributed by atoms with van der Waals surface area (Å²) in [7, 11) is -1.87. The Bertz CT molecular complexity index is 580. The lowest BCUT2D eigenvalue weighted by atomic mass is 9.65. The van der Waals surface area contributed by atoms with E-state index in [1.54, 1.807) is 31.4 Å². The van der Waals surface area contributed by atoms with Gasteiger partial charge < -0.3 is 9.84 Å². The summed E-state index contributed by atoms with van der Waals surface area (Å²) in [4.78, 5) is 0.251. The van der Waals surface area contributed by atoms with Gasteiger partial charge in [0.2, 0.25) is 10.0 Å². The third kappa shape index (κ3) is 3.29. The zero-order valence-electron chi connectivity index (χ0n) is 12.7. The van der Waals surface area contributed by atoms with E-state index >= 15 is 0 Å². The van der Waals surface area contributed by atoms with Crippen LogP contribution < -0.4 is 4.72 Å². The van der Waals surface area contributed by atoms with Crippen molar-refractivity contribution in [1.82, 2.24) is 4.72 Å². The van der Waals surface area contributed by atoms with Crippen LogP contribution in [-0.4, -0.2) is 39.4 Å². The van der Waals surface area contributed by atoms with Crippen LogP contribution >= 0.6 is 0 Å². The molecule has 1 aliphatic carbocycles. The Kier molecular flexibility index (Phi) is 4.72. The lowest BCUT2D eigenvalue weighted by Gasteiger charge is -2.50. The molecule has 0 aromatic heterocycles. The van der Waals surface area contributed by atoms with Gasteiger partial charge in [0.1, 0.15) is 0 Å². The summed E-state index contributed by atoms with van der Waals surface area (Å²) in [5.41, 5.74) is 0.707. The van der Waals surface area contributed by atoms with Gasteiger partial charge in [-0.3, -0.25) is 0 Å². The molecule has 21 heavy (non-hydrogen) atoms. The Morgan fingerprint density at radius 3 is 2.43 bits per heavy atom. The predicted molar refractivity (Wildman–Crippen MR) is 80.5 cm³/mol. The number of sulfonamides is 1. The number of aliphatic hydroxyl groups is 1. The number of aliphatic hydroxyl groups excluding tert-OH is 1. The van der Waals surface area contributed by atoms with E-state index in [1.807, 2.05) is 13.8 Å². The minimum Gasteiger partial charge on any atom is -0.396 e. The van der Waals surface area contributed by atoms with E-state index in [2.05, 4.69) is 4.72 Å². The highest BCUT2D eigenvalue weighted by Gasteiger charge is 2.50. The summed E-state index contributed by atoms with van der Waals surface area (Å²) < 4.78 is 32.9. The van der Waals surface area contributed by atoms with Crippen molar-refractivity contribution in [3.05, 3.63) is 29.8 Å². The molecular formula is C15H23NO4S. The van der Waals surface area contributed by atoms with Gasteiger partial charge in [-0.1, -0.05) is 26.0 Å². The van der Waals surface area contributed by atoms with Crippen LogP contribution in [0.5, 0.6) is 0 Å². The van der Waals surface area contributed by atoms with E-state index in [1.165, 1.54) is 0 Å². The average molecular weight is 313 g/mol. The van der Waals surface area contributed by atoms with Crippen molar-refractivity contribution in [2.24, 2.45) is 5.41 Å². The molecule has 0 radical (unpaired) electrons. The van der Waals surface area contributed by atoms with Gasteiger partial charge in [0.25, 0.3) is 0 Å². The van der Waals surface area contributed by atoms with E-state index in [4.69, 9.17) is 9.84 Å². The molecule has 0 spiro atoms. The van der Waals surface area contributed by atoms with Crippen LogP contribution in [-0.2, 0) is 21.2 Å². The molecule has 6 heteroatoms. The first kappa shape index (κ1) is 16.4. The van der Waals surface area contributed by atoms with Crippen molar-refractivity contribution in [2.75, 3.05) is 13.7 Å². The highest BCUT2D eigenvalue weighted by Crippen LogP contribution is 2.43. The van der Waals surface area contributed by atoms with Crippen molar-refractivity contribution >= 4 is 10.0 Å².